The molecule has 0 aromatic rings. The SMILES string of the molecule is CC(=C/CCCC[C@H](C)N)/C(F)=C(\C)Cl. The fourth-order valence-electron chi connectivity index (χ4n) is 1.29. The summed E-state index contributed by atoms with van der Waals surface area (Å²) in [5.41, 5.74) is 6.25. The maximum Gasteiger partial charge on any atom is 0.139 e. The van der Waals surface area contributed by atoms with Crippen LogP contribution in [0.1, 0.15) is 46.5 Å². The lowest BCUT2D eigenvalue weighted by Crippen LogP contribution is -2.13. The summed E-state index contributed by atoms with van der Waals surface area (Å²) in [5, 5.41) is 0.222. The zero-order valence-electron chi connectivity index (χ0n) is 9.82. The van der Waals surface area contributed by atoms with Crippen molar-refractivity contribution in [1.29, 1.82) is 0 Å². The Morgan fingerprint density at radius 2 is 2.00 bits per heavy atom. The predicted octanol–water partition coefficient (Wildman–Crippen LogP) is 4.28. The van der Waals surface area contributed by atoms with Gasteiger partial charge in [0.05, 0.1) is 5.03 Å². The van der Waals surface area contributed by atoms with E-state index in [2.05, 4.69) is 0 Å². The van der Waals surface area contributed by atoms with E-state index in [-0.39, 0.29) is 16.9 Å². The van der Waals surface area contributed by atoms with Gasteiger partial charge in [0.15, 0.2) is 0 Å². The van der Waals surface area contributed by atoms with Gasteiger partial charge in [-0.2, -0.15) is 0 Å². The molecular formula is C12H21ClFN. The molecule has 0 aliphatic heterocycles. The highest BCUT2D eigenvalue weighted by Gasteiger charge is 2.01. The van der Waals surface area contributed by atoms with Gasteiger partial charge in [-0.05, 0) is 45.6 Å². The number of unbranched alkanes of at least 4 members (excludes halogenated alkanes) is 2. The van der Waals surface area contributed by atoms with Crippen molar-refractivity contribution in [3.05, 3.63) is 22.5 Å². The second-order valence-electron chi connectivity index (χ2n) is 4.00. The standard InChI is InChI=1S/C12H21ClFN/c1-9(12(14)11(3)13)7-5-4-6-8-10(2)15/h7,10H,4-6,8,15H2,1-3H3/b9-7-,12-11-/t10-/m0/s1. The predicted molar refractivity (Wildman–Crippen MR) is 65.5 cm³/mol. The van der Waals surface area contributed by atoms with Crippen molar-refractivity contribution in [2.45, 2.75) is 52.5 Å². The summed E-state index contributed by atoms with van der Waals surface area (Å²) in [6.45, 7) is 5.30. The van der Waals surface area contributed by atoms with Crippen LogP contribution in [-0.4, -0.2) is 6.04 Å². The number of rotatable bonds is 6. The lowest BCUT2D eigenvalue weighted by Gasteiger charge is -2.03. The lowest BCUT2D eigenvalue weighted by molar-refractivity contribution is 0.599. The second-order valence-corrected chi connectivity index (χ2v) is 4.56. The Hall–Kier alpha value is -0.340. The summed E-state index contributed by atoms with van der Waals surface area (Å²) in [4.78, 5) is 0. The summed E-state index contributed by atoms with van der Waals surface area (Å²) >= 11 is 5.55. The van der Waals surface area contributed by atoms with Crippen LogP contribution in [0.2, 0.25) is 0 Å². The normalized spacial score (nSPS) is 16.3. The van der Waals surface area contributed by atoms with Crippen LogP contribution in [0.15, 0.2) is 22.5 Å². The third-order valence-corrected chi connectivity index (χ3v) is 2.38. The highest BCUT2D eigenvalue weighted by Crippen LogP contribution is 2.19. The fourth-order valence-corrected chi connectivity index (χ4v) is 1.44. The van der Waals surface area contributed by atoms with Crippen LogP contribution < -0.4 is 5.73 Å². The maximum absolute atomic E-state index is 13.2. The van der Waals surface area contributed by atoms with Gasteiger partial charge in [0.1, 0.15) is 5.83 Å². The number of allylic oxidation sites excluding steroid dienone is 4. The number of hydrogen-bond donors (Lipinski definition) is 1. The van der Waals surface area contributed by atoms with E-state index in [0.717, 1.165) is 25.7 Å². The highest BCUT2D eigenvalue weighted by atomic mass is 35.5. The molecule has 0 aliphatic carbocycles. The molecule has 0 bridgehead atoms. The van der Waals surface area contributed by atoms with Gasteiger partial charge >= 0.3 is 0 Å². The van der Waals surface area contributed by atoms with E-state index >= 15 is 0 Å². The molecule has 2 N–H and O–H groups in total. The number of nitrogens with two attached hydrogens (primary N) is 1. The minimum absolute atomic E-state index is 0.222. The van der Waals surface area contributed by atoms with Crippen molar-refractivity contribution in [1.82, 2.24) is 0 Å². The smallest absolute Gasteiger partial charge is 0.139 e. The molecule has 0 rings (SSSR count). The minimum Gasteiger partial charge on any atom is -0.328 e. The largest absolute Gasteiger partial charge is 0.328 e. The Morgan fingerprint density at radius 3 is 2.47 bits per heavy atom. The van der Waals surface area contributed by atoms with Gasteiger partial charge in [-0.15, -0.1) is 0 Å². The molecule has 0 amide bonds. The van der Waals surface area contributed by atoms with Gasteiger partial charge in [0, 0.05) is 6.04 Å². The summed E-state index contributed by atoms with van der Waals surface area (Å²) < 4.78 is 13.2. The van der Waals surface area contributed by atoms with E-state index in [1.54, 1.807) is 13.8 Å². The van der Waals surface area contributed by atoms with Crippen LogP contribution in [0.4, 0.5) is 4.39 Å². The van der Waals surface area contributed by atoms with Crippen LogP contribution in [0.25, 0.3) is 0 Å². The van der Waals surface area contributed by atoms with Gasteiger partial charge in [-0.3, -0.25) is 0 Å². The van der Waals surface area contributed by atoms with Gasteiger partial charge in [0.25, 0.3) is 0 Å². The van der Waals surface area contributed by atoms with E-state index in [9.17, 15) is 4.39 Å². The molecule has 0 spiro atoms. The molecule has 0 saturated carbocycles. The van der Waals surface area contributed by atoms with Crippen LogP contribution in [-0.2, 0) is 0 Å². The summed E-state index contributed by atoms with van der Waals surface area (Å²) in [6, 6.07) is 0.261. The third kappa shape index (κ3) is 7.57. The molecule has 1 nitrogen and oxygen atoms in total. The first kappa shape index (κ1) is 14.7. The van der Waals surface area contributed by atoms with Gasteiger partial charge in [-0.25, -0.2) is 4.39 Å². The van der Waals surface area contributed by atoms with Gasteiger partial charge < -0.3 is 5.73 Å². The molecule has 0 aromatic heterocycles. The summed E-state index contributed by atoms with van der Waals surface area (Å²) in [5.74, 6) is -0.302. The number of hydrogen-bond acceptors (Lipinski definition) is 1. The lowest BCUT2D eigenvalue weighted by atomic mass is 10.1. The molecule has 3 heteroatoms. The van der Waals surface area contributed by atoms with Crippen LogP contribution in [0.3, 0.4) is 0 Å². The Balaban J connectivity index is 3.83. The molecule has 0 saturated heterocycles. The Labute approximate surface area is 97.2 Å². The van der Waals surface area contributed by atoms with Gasteiger partial charge in [-0.1, -0.05) is 24.1 Å². The molecule has 88 valence electrons. The summed E-state index contributed by atoms with van der Waals surface area (Å²) in [6.07, 6.45) is 5.94. The Morgan fingerprint density at radius 1 is 1.40 bits per heavy atom. The highest BCUT2D eigenvalue weighted by molar-refractivity contribution is 6.29. The first-order chi connectivity index (χ1) is 6.95. The van der Waals surface area contributed by atoms with Crippen molar-refractivity contribution in [2.75, 3.05) is 0 Å². The molecule has 0 aromatic carbocycles. The summed E-state index contributed by atoms with van der Waals surface area (Å²) in [7, 11) is 0. The first-order valence-electron chi connectivity index (χ1n) is 5.39. The van der Waals surface area contributed by atoms with Crippen molar-refractivity contribution < 1.29 is 4.39 Å². The molecule has 0 heterocycles. The molecule has 15 heavy (non-hydrogen) atoms. The van der Waals surface area contributed by atoms with Crippen molar-refractivity contribution >= 4 is 11.6 Å². The monoisotopic (exact) mass is 233 g/mol. The molecule has 0 aliphatic rings. The quantitative estimate of drug-likeness (QED) is 0.538. The van der Waals surface area contributed by atoms with Crippen LogP contribution in [0, 0.1) is 0 Å². The Kier molecular flexibility index (Phi) is 7.71. The molecular weight excluding hydrogens is 213 g/mol. The molecule has 1 atom stereocenters. The minimum atomic E-state index is -0.302. The topological polar surface area (TPSA) is 26.0 Å². The maximum atomic E-state index is 13.2. The van der Waals surface area contributed by atoms with Gasteiger partial charge in [0.2, 0.25) is 0 Å². The van der Waals surface area contributed by atoms with Crippen molar-refractivity contribution in [3.8, 4) is 0 Å². The molecule has 0 radical (unpaired) electrons. The van der Waals surface area contributed by atoms with E-state index in [1.807, 2.05) is 13.0 Å². The van der Waals surface area contributed by atoms with E-state index in [4.69, 9.17) is 17.3 Å². The zero-order chi connectivity index (χ0) is 11.8. The van der Waals surface area contributed by atoms with Crippen molar-refractivity contribution in [2.24, 2.45) is 5.73 Å². The first-order valence-corrected chi connectivity index (χ1v) is 5.77. The van der Waals surface area contributed by atoms with Crippen LogP contribution >= 0.6 is 11.6 Å². The van der Waals surface area contributed by atoms with E-state index in [0.29, 0.717) is 5.57 Å². The fraction of sp³-hybridized carbons (Fsp3) is 0.667. The third-order valence-electron chi connectivity index (χ3n) is 2.21. The Bertz CT molecular complexity index is 240. The van der Waals surface area contributed by atoms with E-state index in [1.165, 1.54) is 0 Å². The van der Waals surface area contributed by atoms with E-state index < -0.39 is 0 Å². The zero-order valence-corrected chi connectivity index (χ0v) is 10.6. The average molecular weight is 234 g/mol. The molecule has 0 unspecified atom stereocenters. The number of halogens is 2. The van der Waals surface area contributed by atoms with Crippen LogP contribution in [0.5, 0.6) is 0 Å². The van der Waals surface area contributed by atoms with Crippen molar-refractivity contribution in [3.63, 3.8) is 0 Å². The second kappa shape index (κ2) is 7.89. The molecule has 0 fully saturated rings. The average Bonchev–Trinajstić information content (AvgIpc) is 2.15.